The van der Waals surface area contributed by atoms with Crippen LogP contribution in [0.4, 0.5) is 11.5 Å². The lowest BCUT2D eigenvalue weighted by Gasteiger charge is -2.26. The fourth-order valence-electron chi connectivity index (χ4n) is 1.77. The minimum absolute atomic E-state index is 0.221. The van der Waals surface area contributed by atoms with Gasteiger partial charge in [0.2, 0.25) is 0 Å². The van der Waals surface area contributed by atoms with Gasteiger partial charge < -0.3 is 10.6 Å². The maximum atomic E-state index is 5.89. The first-order valence-electron chi connectivity index (χ1n) is 5.78. The van der Waals surface area contributed by atoms with Gasteiger partial charge in [0.05, 0.1) is 17.9 Å². The molecular weight excluding hydrogens is 246 g/mol. The van der Waals surface area contributed by atoms with Crippen LogP contribution in [0.1, 0.15) is 18.5 Å². The highest BCUT2D eigenvalue weighted by molar-refractivity contribution is 6.30. The first-order chi connectivity index (χ1) is 8.58. The molecule has 0 saturated carbocycles. The summed E-state index contributed by atoms with van der Waals surface area (Å²) in [4.78, 5) is 6.42. The topological polar surface area (TPSA) is 42.1 Å². The molecule has 1 aromatic heterocycles. The maximum absolute atomic E-state index is 5.89. The van der Waals surface area contributed by atoms with Crippen molar-refractivity contribution in [3.05, 3.63) is 53.2 Å². The van der Waals surface area contributed by atoms with Crippen LogP contribution in [0.2, 0.25) is 5.02 Å². The Bertz CT molecular complexity index is 458. The Hall–Kier alpha value is -1.74. The van der Waals surface area contributed by atoms with E-state index in [0.29, 0.717) is 5.69 Å². The molecule has 3 nitrogen and oxygen atoms in total. The van der Waals surface area contributed by atoms with Gasteiger partial charge in [0.1, 0.15) is 5.82 Å². The normalized spacial score (nSPS) is 12.2. The number of anilines is 2. The number of halogens is 1. The van der Waals surface area contributed by atoms with E-state index >= 15 is 0 Å². The van der Waals surface area contributed by atoms with Crippen molar-refractivity contribution in [1.29, 1.82) is 0 Å². The van der Waals surface area contributed by atoms with Crippen LogP contribution >= 0.6 is 11.6 Å². The SMILES string of the molecule is CC(c1ccc(Cl)cc1)N(C)c1ccc(N)cn1. The van der Waals surface area contributed by atoms with E-state index in [0.717, 1.165) is 10.8 Å². The van der Waals surface area contributed by atoms with Crippen LogP contribution in [-0.2, 0) is 0 Å². The quantitative estimate of drug-likeness (QED) is 0.919. The third kappa shape index (κ3) is 2.74. The van der Waals surface area contributed by atoms with Crippen molar-refractivity contribution >= 4 is 23.1 Å². The van der Waals surface area contributed by atoms with Crippen LogP contribution in [0.15, 0.2) is 42.6 Å². The highest BCUT2D eigenvalue weighted by atomic mass is 35.5. The molecule has 0 spiro atoms. The molecule has 4 heteroatoms. The van der Waals surface area contributed by atoms with Crippen LogP contribution in [0, 0.1) is 0 Å². The molecule has 0 aliphatic heterocycles. The van der Waals surface area contributed by atoms with E-state index in [2.05, 4.69) is 16.8 Å². The average molecular weight is 262 g/mol. The minimum Gasteiger partial charge on any atom is -0.397 e. The Labute approximate surface area is 112 Å². The molecule has 0 aliphatic carbocycles. The summed E-state index contributed by atoms with van der Waals surface area (Å²) in [5, 5.41) is 0.749. The molecule has 94 valence electrons. The molecule has 0 aliphatic rings. The van der Waals surface area contributed by atoms with Crippen LogP contribution in [0.3, 0.4) is 0 Å². The largest absolute Gasteiger partial charge is 0.397 e. The second-order valence-corrected chi connectivity index (χ2v) is 4.72. The third-order valence-electron chi connectivity index (χ3n) is 3.07. The van der Waals surface area contributed by atoms with E-state index in [4.69, 9.17) is 17.3 Å². The van der Waals surface area contributed by atoms with E-state index in [-0.39, 0.29) is 6.04 Å². The van der Waals surface area contributed by atoms with Gasteiger partial charge in [-0.05, 0) is 36.8 Å². The molecule has 1 heterocycles. The Kier molecular flexibility index (Phi) is 3.72. The van der Waals surface area contributed by atoms with Crippen molar-refractivity contribution < 1.29 is 0 Å². The molecule has 1 atom stereocenters. The summed E-state index contributed by atoms with van der Waals surface area (Å²) in [6.45, 7) is 2.13. The zero-order valence-corrected chi connectivity index (χ0v) is 11.2. The second-order valence-electron chi connectivity index (χ2n) is 4.29. The molecule has 0 radical (unpaired) electrons. The zero-order valence-electron chi connectivity index (χ0n) is 10.5. The zero-order chi connectivity index (χ0) is 13.1. The second kappa shape index (κ2) is 5.27. The molecule has 18 heavy (non-hydrogen) atoms. The molecule has 0 amide bonds. The molecule has 1 aromatic carbocycles. The van der Waals surface area contributed by atoms with Crippen LogP contribution in [0.25, 0.3) is 0 Å². The third-order valence-corrected chi connectivity index (χ3v) is 3.32. The summed E-state index contributed by atoms with van der Waals surface area (Å²) in [5.74, 6) is 0.895. The molecule has 2 N–H and O–H groups in total. The predicted molar refractivity (Wildman–Crippen MR) is 76.9 cm³/mol. The van der Waals surface area contributed by atoms with Crippen molar-refractivity contribution in [3.63, 3.8) is 0 Å². The van der Waals surface area contributed by atoms with Crippen LogP contribution in [0.5, 0.6) is 0 Å². The van der Waals surface area contributed by atoms with Gasteiger partial charge in [-0.15, -0.1) is 0 Å². The monoisotopic (exact) mass is 261 g/mol. The van der Waals surface area contributed by atoms with E-state index in [1.54, 1.807) is 6.20 Å². The summed E-state index contributed by atoms with van der Waals surface area (Å²) in [6, 6.07) is 11.9. The number of nitrogens with zero attached hydrogens (tertiary/aromatic N) is 2. The fourth-order valence-corrected chi connectivity index (χ4v) is 1.90. The number of hydrogen-bond acceptors (Lipinski definition) is 3. The van der Waals surface area contributed by atoms with Crippen molar-refractivity contribution in [2.24, 2.45) is 0 Å². The summed E-state index contributed by atoms with van der Waals surface area (Å²) in [5.41, 5.74) is 7.50. The van der Waals surface area contributed by atoms with Crippen molar-refractivity contribution in [2.75, 3.05) is 17.7 Å². The Morgan fingerprint density at radius 1 is 1.17 bits per heavy atom. The van der Waals surface area contributed by atoms with Crippen LogP contribution in [-0.4, -0.2) is 12.0 Å². The number of pyridine rings is 1. The Balaban J connectivity index is 2.20. The highest BCUT2D eigenvalue weighted by Gasteiger charge is 2.12. The predicted octanol–water partition coefficient (Wildman–Crippen LogP) is 3.51. The van der Waals surface area contributed by atoms with E-state index < -0.39 is 0 Å². The number of benzene rings is 1. The fraction of sp³-hybridized carbons (Fsp3) is 0.214. The van der Waals surface area contributed by atoms with E-state index in [1.807, 2.05) is 43.4 Å². The number of hydrogen-bond donors (Lipinski definition) is 1. The Morgan fingerprint density at radius 2 is 1.83 bits per heavy atom. The lowest BCUT2D eigenvalue weighted by Crippen LogP contribution is -2.22. The number of rotatable bonds is 3. The van der Waals surface area contributed by atoms with Crippen molar-refractivity contribution in [2.45, 2.75) is 13.0 Å². The molecular formula is C14H16ClN3. The minimum atomic E-state index is 0.221. The Morgan fingerprint density at radius 3 is 2.39 bits per heavy atom. The smallest absolute Gasteiger partial charge is 0.128 e. The van der Waals surface area contributed by atoms with Gasteiger partial charge in [-0.1, -0.05) is 23.7 Å². The lowest BCUT2D eigenvalue weighted by atomic mass is 10.1. The molecule has 2 rings (SSSR count). The van der Waals surface area contributed by atoms with Crippen molar-refractivity contribution in [3.8, 4) is 0 Å². The summed E-state index contributed by atoms with van der Waals surface area (Å²) in [6.07, 6.45) is 1.67. The standard InChI is InChI=1S/C14H16ClN3/c1-10(11-3-5-12(15)6-4-11)18(2)14-8-7-13(16)9-17-14/h3-10H,16H2,1-2H3. The molecule has 2 aromatic rings. The summed E-state index contributed by atoms with van der Waals surface area (Å²) >= 11 is 5.89. The first kappa shape index (κ1) is 12.7. The number of nitrogens with two attached hydrogens (primary N) is 1. The van der Waals surface area contributed by atoms with Gasteiger partial charge in [0.25, 0.3) is 0 Å². The lowest BCUT2D eigenvalue weighted by molar-refractivity contribution is 0.729. The average Bonchev–Trinajstić information content (AvgIpc) is 2.39. The van der Waals surface area contributed by atoms with Gasteiger partial charge in [-0.3, -0.25) is 0 Å². The van der Waals surface area contributed by atoms with Crippen molar-refractivity contribution in [1.82, 2.24) is 4.98 Å². The summed E-state index contributed by atoms with van der Waals surface area (Å²) < 4.78 is 0. The molecule has 0 saturated heterocycles. The van der Waals surface area contributed by atoms with E-state index in [9.17, 15) is 0 Å². The first-order valence-corrected chi connectivity index (χ1v) is 6.15. The maximum Gasteiger partial charge on any atom is 0.128 e. The highest BCUT2D eigenvalue weighted by Crippen LogP contribution is 2.24. The number of nitrogen functional groups attached to an aromatic ring is 1. The summed E-state index contributed by atoms with van der Waals surface area (Å²) in [7, 11) is 2.01. The van der Waals surface area contributed by atoms with Gasteiger partial charge >= 0.3 is 0 Å². The van der Waals surface area contributed by atoms with E-state index in [1.165, 1.54) is 5.56 Å². The molecule has 0 bridgehead atoms. The molecule has 1 unspecified atom stereocenters. The van der Waals surface area contributed by atoms with Crippen LogP contribution < -0.4 is 10.6 Å². The number of aromatic nitrogens is 1. The molecule has 0 fully saturated rings. The van der Waals surface area contributed by atoms with Gasteiger partial charge in [0.15, 0.2) is 0 Å². The van der Waals surface area contributed by atoms with Gasteiger partial charge in [-0.25, -0.2) is 4.98 Å². The van der Waals surface area contributed by atoms with Gasteiger partial charge in [0, 0.05) is 12.1 Å². The van der Waals surface area contributed by atoms with Gasteiger partial charge in [-0.2, -0.15) is 0 Å².